The van der Waals surface area contributed by atoms with Gasteiger partial charge in [-0.2, -0.15) is 0 Å². The minimum absolute atomic E-state index is 0.0606. The quantitative estimate of drug-likeness (QED) is 0.751. The van der Waals surface area contributed by atoms with E-state index in [0.29, 0.717) is 11.0 Å². The zero-order valence-electron chi connectivity index (χ0n) is 12.6. The summed E-state index contributed by atoms with van der Waals surface area (Å²) in [5.41, 5.74) is 5.71. The van der Waals surface area contributed by atoms with E-state index in [-0.39, 0.29) is 17.7 Å². The van der Waals surface area contributed by atoms with Crippen molar-refractivity contribution in [2.45, 2.75) is 39.7 Å². The zero-order chi connectivity index (χ0) is 14.6. The third kappa shape index (κ3) is 4.14. The van der Waals surface area contributed by atoms with E-state index in [1.165, 1.54) is 12.8 Å². The highest BCUT2D eigenvalue weighted by Crippen LogP contribution is 2.19. The van der Waals surface area contributed by atoms with Gasteiger partial charge in [0.1, 0.15) is 0 Å². The number of carbonyl (C=O) groups excluding carboxylic acids is 1. The lowest BCUT2D eigenvalue weighted by atomic mass is 9.94. The molecular formula is C14H27N3OS. The average Bonchev–Trinajstić information content (AvgIpc) is 2.75. The molecular weight excluding hydrogens is 258 g/mol. The first-order chi connectivity index (χ1) is 8.88. The molecule has 19 heavy (non-hydrogen) atoms. The molecule has 0 aromatic rings. The maximum absolute atomic E-state index is 12.4. The van der Waals surface area contributed by atoms with Gasteiger partial charge in [0, 0.05) is 19.6 Å². The molecule has 0 spiro atoms. The monoisotopic (exact) mass is 285 g/mol. The van der Waals surface area contributed by atoms with Crippen LogP contribution in [-0.2, 0) is 4.79 Å². The second-order valence-corrected chi connectivity index (χ2v) is 6.24. The number of hydrogen-bond donors (Lipinski definition) is 1. The Hall–Kier alpha value is -0.680. The number of carbonyl (C=O) groups is 1. The highest BCUT2D eigenvalue weighted by Gasteiger charge is 2.31. The van der Waals surface area contributed by atoms with Gasteiger partial charge in [0.05, 0.1) is 10.9 Å². The number of likely N-dealkylation sites (N-methyl/N-ethyl adjacent to an activating group) is 2. The van der Waals surface area contributed by atoms with Crippen molar-refractivity contribution in [1.82, 2.24) is 9.80 Å². The first-order valence-electron chi connectivity index (χ1n) is 7.16. The van der Waals surface area contributed by atoms with Crippen LogP contribution in [0.4, 0.5) is 0 Å². The van der Waals surface area contributed by atoms with E-state index in [4.69, 9.17) is 18.0 Å². The van der Waals surface area contributed by atoms with Crippen molar-refractivity contribution in [2.24, 2.45) is 17.6 Å². The second-order valence-electron chi connectivity index (χ2n) is 5.77. The molecule has 0 radical (unpaired) electrons. The molecule has 1 aliphatic heterocycles. The van der Waals surface area contributed by atoms with Gasteiger partial charge in [0.25, 0.3) is 0 Å². The van der Waals surface area contributed by atoms with Gasteiger partial charge in [-0.1, -0.05) is 33.0 Å². The Balaban J connectivity index is 2.63. The van der Waals surface area contributed by atoms with Crippen molar-refractivity contribution in [3.63, 3.8) is 0 Å². The zero-order valence-corrected chi connectivity index (χ0v) is 13.4. The van der Waals surface area contributed by atoms with Crippen LogP contribution in [0.1, 0.15) is 33.6 Å². The molecule has 1 saturated heterocycles. The molecule has 2 unspecified atom stereocenters. The Morgan fingerprint density at radius 3 is 2.63 bits per heavy atom. The van der Waals surface area contributed by atoms with Gasteiger partial charge < -0.3 is 10.6 Å². The average molecular weight is 285 g/mol. The minimum Gasteiger partial charge on any atom is -0.393 e. The number of hydrogen-bond acceptors (Lipinski definition) is 3. The van der Waals surface area contributed by atoms with Gasteiger partial charge in [-0.25, -0.2) is 0 Å². The fourth-order valence-corrected chi connectivity index (χ4v) is 3.27. The fourth-order valence-electron chi connectivity index (χ4n) is 2.90. The third-order valence-corrected chi connectivity index (χ3v) is 4.26. The summed E-state index contributed by atoms with van der Waals surface area (Å²) in [7, 11) is 1.86. The van der Waals surface area contributed by atoms with Crippen molar-refractivity contribution in [3.8, 4) is 0 Å². The lowest BCUT2D eigenvalue weighted by Crippen LogP contribution is -2.46. The van der Waals surface area contributed by atoms with Crippen LogP contribution in [0, 0.1) is 11.8 Å². The third-order valence-electron chi connectivity index (χ3n) is 4.01. The van der Waals surface area contributed by atoms with E-state index in [9.17, 15) is 4.79 Å². The standard InChI is InChI=1S/C14H27N3OS/c1-5-17-8-6-7-11(17)9-16(4)14(18)12(10(2)3)13(15)19/h10-12H,5-9H2,1-4H3,(H2,15,19). The van der Waals surface area contributed by atoms with Gasteiger partial charge in [-0.3, -0.25) is 9.69 Å². The van der Waals surface area contributed by atoms with E-state index < -0.39 is 0 Å². The molecule has 1 amide bonds. The summed E-state index contributed by atoms with van der Waals surface area (Å²) in [6.07, 6.45) is 2.40. The number of thiocarbonyl (C=S) groups is 1. The lowest BCUT2D eigenvalue weighted by molar-refractivity contribution is -0.133. The normalized spacial score (nSPS) is 21.6. The molecule has 1 fully saturated rings. The Labute approximate surface area is 122 Å². The van der Waals surface area contributed by atoms with Crippen molar-refractivity contribution < 1.29 is 4.79 Å². The predicted octanol–water partition coefficient (Wildman–Crippen LogP) is 1.49. The van der Waals surface area contributed by atoms with E-state index in [0.717, 1.165) is 19.6 Å². The van der Waals surface area contributed by atoms with Gasteiger partial charge in [-0.05, 0) is 31.8 Å². The van der Waals surface area contributed by atoms with E-state index >= 15 is 0 Å². The molecule has 0 aliphatic carbocycles. The topological polar surface area (TPSA) is 49.6 Å². The summed E-state index contributed by atoms with van der Waals surface area (Å²) in [5.74, 6) is -0.125. The summed E-state index contributed by atoms with van der Waals surface area (Å²) in [4.78, 5) is 17.0. The fraction of sp³-hybridized carbons (Fsp3) is 0.857. The largest absolute Gasteiger partial charge is 0.393 e. The van der Waals surface area contributed by atoms with E-state index in [1.807, 2.05) is 25.8 Å². The van der Waals surface area contributed by atoms with E-state index in [2.05, 4.69) is 11.8 Å². The molecule has 0 saturated carbocycles. The maximum Gasteiger partial charge on any atom is 0.232 e. The SMILES string of the molecule is CCN1CCCC1CN(C)C(=O)C(C(N)=S)C(C)C. The molecule has 1 rings (SSSR count). The smallest absolute Gasteiger partial charge is 0.232 e. The maximum atomic E-state index is 12.4. The number of nitrogens with zero attached hydrogens (tertiary/aromatic N) is 2. The van der Waals surface area contributed by atoms with Crippen molar-refractivity contribution in [2.75, 3.05) is 26.7 Å². The van der Waals surface area contributed by atoms with Crippen LogP contribution in [0.15, 0.2) is 0 Å². The summed E-state index contributed by atoms with van der Waals surface area (Å²) in [6.45, 7) is 9.12. The lowest BCUT2D eigenvalue weighted by Gasteiger charge is -2.30. The van der Waals surface area contributed by atoms with Crippen LogP contribution in [0.3, 0.4) is 0 Å². The Morgan fingerprint density at radius 1 is 1.53 bits per heavy atom. The van der Waals surface area contributed by atoms with Crippen molar-refractivity contribution in [3.05, 3.63) is 0 Å². The molecule has 4 nitrogen and oxygen atoms in total. The summed E-state index contributed by atoms with van der Waals surface area (Å²) >= 11 is 5.04. The van der Waals surface area contributed by atoms with Crippen LogP contribution >= 0.6 is 12.2 Å². The van der Waals surface area contributed by atoms with Gasteiger partial charge in [0.15, 0.2) is 0 Å². The number of likely N-dealkylation sites (tertiary alicyclic amines) is 1. The van der Waals surface area contributed by atoms with Crippen molar-refractivity contribution in [1.29, 1.82) is 0 Å². The molecule has 0 bridgehead atoms. The summed E-state index contributed by atoms with van der Waals surface area (Å²) in [5, 5.41) is 0. The first-order valence-corrected chi connectivity index (χ1v) is 7.57. The van der Waals surface area contributed by atoms with Crippen LogP contribution < -0.4 is 5.73 Å². The molecule has 0 aromatic carbocycles. The van der Waals surface area contributed by atoms with E-state index in [1.54, 1.807) is 0 Å². The molecule has 1 heterocycles. The number of amides is 1. The van der Waals surface area contributed by atoms with Gasteiger partial charge in [-0.15, -0.1) is 0 Å². The van der Waals surface area contributed by atoms with Crippen LogP contribution in [0.2, 0.25) is 0 Å². The molecule has 2 N–H and O–H groups in total. The molecule has 2 atom stereocenters. The Morgan fingerprint density at radius 2 is 2.16 bits per heavy atom. The van der Waals surface area contributed by atoms with Crippen molar-refractivity contribution >= 4 is 23.1 Å². The summed E-state index contributed by atoms with van der Waals surface area (Å²) < 4.78 is 0. The molecule has 0 aromatic heterocycles. The Bertz CT molecular complexity index is 333. The first kappa shape index (κ1) is 16.4. The summed E-state index contributed by atoms with van der Waals surface area (Å²) in [6, 6.07) is 0.484. The molecule has 110 valence electrons. The van der Waals surface area contributed by atoms with Gasteiger partial charge in [0.2, 0.25) is 5.91 Å². The molecule has 5 heteroatoms. The molecule has 1 aliphatic rings. The highest BCUT2D eigenvalue weighted by molar-refractivity contribution is 7.80. The number of nitrogens with two attached hydrogens (primary N) is 1. The predicted molar refractivity (Wildman–Crippen MR) is 83.0 cm³/mol. The number of rotatable bonds is 6. The minimum atomic E-state index is -0.337. The Kier molecular flexibility index (Phi) is 6.20. The van der Waals surface area contributed by atoms with Gasteiger partial charge >= 0.3 is 0 Å². The van der Waals surface area contributed by atoms with Crippen LogP contribution in [0.5, 0.6) is 0 Å². The van der Waals surface area contributed by atoms with Crippen LogP contribution in [0.25, 0.3) is 0 Å². The second kappa shape index (κ2) is 7.20. The van der Waals surface area contributed by atoms with Crippen LogP contribution in [-0.4, -0.2) is 53.4 Å². The highest BCUT2D eigenvalue weighted by atomic mass is 32.1.